The number of rotatable bonds is 4. The van der Waals surface area contributed by atoms with Crippen molar-refractivity contribution in [1.29, 1.82) is 0 Å². The Morgan fingerprint density at radius 2 is 1.81 bits per heavy atom. The number of halogens is 4. The zero-order chi connectivity index (χ0) is 19.9. The van der Waals surface area contributed by atoms with Gasteiger partial charge in [0.2, 0.25) is 10.0 Å². The molecule has 0 unspecified atom stereocenters. The molecule has 1 heterocycles. The van der Waals surface area contributed by atoms with Gasteiger partial charge < -0.3 is 0 Å². The Balaban J connectivity index is 2.69. The Morgan fingerprint density at radius 1 is 1.19 bits per heavy atom. The molecule has 0 bridgehead atoms. The standard InChI is InChI=1S/C14H13ClF3N3O4S/c1-3-26(24,25)19-10-6-8(4-5-9(10)15)21-12(22)7-11(14(16,17)18)20(2)13(21)23/h4-7,19H,3H2,1-2H3. The topological polar surface area (TPSA) is 90.2 Å². The molecule has 0 radical (unpaired) electrons. The molecule has 12 heteroatoms. The van der Waals surface area contributed by atoms with E-state index >= 15 is 0 Å². The molecule has 0 aliphatic heterocycles. The number of benzene rings is 1. The molecule has 1 aromatic heterocycles. The van der Waals surface area contributed by atoms with Gasteiger partial charge in [0.1, 0.15) is 5.69 Å². The smallest absolute Gasteiger partial charge is 0.292 e. The minimum Gasteiger partial charge on any atom is -0.292 e. The minimum atomic E-state index is -4.88. The van der Waals surface area contributed by atoms with Crippen LogP contribution >= 0.6 is 11.6 Å². The molecule has 0 atom stereocenters. The van der Waals surface area contributed by atoms with Crippen molar-refractivity contribution in [2.75, 3.05) is 10.5 Å². The first kappa shape index (κ1) is 20.0. The summed E-state index contributed by atoms with van der Waals surface area (Å²) in [5, 5.41) is -0.0115. The third-order valence-electron chi connectivity index (χ3n) is 3.46. The lowest BCUT2D eigenvalue weighted by molar-refractivity contribution is -0.144. The van der Waals surface area contributed by atoms with Crippen LogP contribution < -0.4 is 16.0 Å². The van der Waals surface area contributed by atoms with E-state index in [-0.39, 0.29) is 32.8 Å². The molecule has 0 amide bonds. The van der Waals surface area contributed by atoms with Gasteiger partial charge in [0, 0.05) is 13.1 Å². The van der Waals surface area contributed by atoms with Crippen molar-refractivity contribution < 1.29 is 21.6 Å². The van der Waals surface area contributed by atoms with Gasteiger partial charge >= 0.3 is 11.9 Å². The van der Waals surface area contributed by atoms with Crippen LogP contribution in [0.2, 0.25) is 5.02 Å². The van der Waals surface area contributed by atoms with Crippen molar-refractivity contribution >= 4 is 27.3 Å². The Labute approximate surface area is 150 Å². The van der Waals surface area contributed by atoms with Crippen molar-refractivity contribution in [2.45, 2.75) is 13.1 Å². The van der Waals surface area contributed by atoms with Crippen LogP contribution in [0.5, 0.6) is 0 Å². The van der Waals surface area contributed by atoms with E-state index < -0.39 is 33.1 Å². The number of aromatic nitrogens is 2. The number of anilines is 1. The third-order valence-corrected chi connectivity index (χ3v) is 5.08. The summed E-state index contributed by atoms with van der Waals surface area (Å²) < 4.78 is 64.9. The fourth-order valence-corrected chi connectivity index (χ4v) is 2.97. The van der Waals surface area contributed by atoms with Gasteiger partial charge in [0.25, 0.3) is 5.56 Å². The number of nitrogens with zero attached hydrogens (tertiary/aromatic N) is 2. The number of alkyl halides is 3. The molecule has 0 fully saturated rings. The fraction of sp³-hybridized carbons (Fsp3) is 0.286. The van der Waals surface area contributed by atoms with Crippen LogP contribution in [0.3, 0.4) is 0 Å². The lowest BCUT2D eigenvalue weighted by Crippen LogP contribution is -2.40. The summed E-state index contributed by atoms with van der Waals surface area (Å²) in [7, 11) is -2.83. The lowest BCUT2D eigenvalue weighted by Gasteiger charge is -2.15. The lowest BCUT2D eigenvalue weighted by atomic mass is 10.2. The van der Waals surface area contributed by atoms with E-state index in [0.717, 1.165) is 13.1 Å². The molecule has 142 valence electrons. The van der Waals surface area contributed by atoms with E-state index in [1.165, 1.54) is 19.1 Å². The van der Waals surface area contributed by atoms with Crippen molar-refractivity contribution in [3.8, 4) is 5.69 Å². The SMILES string of the molecule is CCS(=O)(=O)Nc1cc(-n2c(=O)cc(C(F)(F)F)n(C)c2=O)ccc1Cl. The quantitative estimate of drug-likeness (QED) is 0.832. The first-order valence-corrected chi connectivity index (χ1v) is 9.11. The highest BCUT2D eigenvalue weighted by Gasteiger charge is 2.35. The molecular formula is C14H13ClF3N3O4S. The van der Waals surface area contributed by atoms with E-state index in [0.29, 0.717) is 4.57 Å². The summed E-state index contributed by atoms with van der Waals surface area (Å²) in [6.07, 6.45) is -4.88. The molecule has 2 rings (SSSR count). The van der Waals surface area contributed by atoms with E-state index in [9.17, 15) is 31.2 Å². The summed E-state index contributed by atoms with van der Waals surface area (Å²) in [4.78, 5) is 24.3. The van der Waals surface area contributed by atoms with E-state index in [4.69, 9.17) is 11.6 Å². The van der Waals surface area contributed by atoms with E-state index in [1.807, 2.05) is 0 Å². The molecule has 2 aromatic rings. The highest BCUT2D eigenvalue weighted by molar-refractivity contribution is 7.92. The normalized spacial score (nSPS) is 12.2. The summed E-state index contributed by atoms with van der Waals surface area (Å²) in [6.45, 7) is 1.39. The Hall–Kier alpha value is -2.27. The number of nitrogens with one attached hydrogen (secondary N) is 1. The van der Waals surface area contributed by atoms with E-state index in [2.05, 4.69) is 4.72 Å². The van der Waals surface area contributed by atoms with Gasteiger partial charge in [-0.3, -0.25) is 14.1 Å². The largest absolute Gasteiger partial charge is 0.431 e. The molecule has 0 spiro atoms. The van der Waals surface area contributed by atoms with Gasteiger partial charge in [0.05, 0.1) is 22.2 Å². The second-order valence-corrected chi connectivity index (χ2v) is 7.63. The van der Waals surface area contributed by atoms with Crippen molar-refractivity contribution in [1.82, 2.24) is 9.13 Å². The highest BCUT2D eigenvalue weighted by Crippen LogP contribution is 2.28. The van der Waals surface area contributed by atoms with E-state index in [1.54, 1.807) is 0 Å². The molecule has 26 heavy (non-hydrogen) atoms. The second kappa shape index (κ2) is 6.80. The fourth-order valence-electron chi connectivity index (χ4n) is 2.11. The number of hydrogen-bond acceptors (Lipinski definition) is 4. The van der Waals surface area contributed by atoms with Crippen LogP contribution in [0.1, 0.15) is 12.6 Å². The maximum absolute atomic E-state index is 12.9. The summed E-state index contributed by atoms with van der Waals surface area (Å²) in [6, 6.07) is 3.80. The van der Waals surface area contributed by atoms with Gasteiger partial charge in [-0.15, -0.1) is 0 Å². The maximum Gasteiger partial charge on any atom is 0.431 e. The average Bonchev–Trinajstić information content (AvgIpc) is 2.52. The second-order valence-electron chi connectivity index (χ2n) is 5.21. The predicted molar refractivity (Wildman–Crippen MR) is 90.4 cm³/mol. The summed E-state index contributed by atoms with van der Waals surface area (Å²) in [5.74, 6) is -0.254. The van der Waals surface area contributed by atoms with Gasteiger partial charge in [-0.05, 0) is 25.1 Å². The van der Waals surface area contributed by atoms with Crippen LogP contribution in [0.15, 0.2) is 33.9 Å². The zero-order valence-electron chi connectivity index (χ0n) is 13.5. The van der Waals surface area contributed by atoms with Crippen molar-refractivity contribution in [2.24, 2.45) is 7.05 Å². The molecule has 0 saturated carbocycles. The molecule has 0 saturated heterocycles. The average molecular weight is 412 g/mol. The first-order valence-electron chi connectivity index (χ1n) is 7.08. The van der Waals surface area contributed by atoms with Crippen LogP contribution in [-0.2, 0) is 23.2 Å². The minimum absolute atomic E-state index is 0.0115. The molecule has 0 aliphatic rings. The van der Waals surface area contributed by atoms with Crippen LogP contribution in [0.4, 0.5) is 18.9 Å². The first-order chi connectivity index (χ1) is 11.9. The molecule has 1 aromatic carbocycles. The van der Waals surface area contributed by atoms with Gasteiger partial charge in [0.15, 0.2) is 0 Å². The maximum atomic E-state index is 12.9. The number of hydrogen-bond donors (Lipinski definition) is 1. The predicted octanol–water partition coefficient (Wildman–Crippen LogP) is 1.97. The zero-order valence-corrected chi connectivity index (χ0v) is 15.0. The molecular weight excluding hydrogens is 399 g/mol. The Morgan fingerprint density at radius 3 is 2.35 bits per heavy atom. The molecule has 0 aliphatic carbocycles. The third kappa shape index (κ3) is 3.93. The van der Waals surface area contributed by atoms with Crippen LogP contribution in [0.25, 0.3) is 5.69 Å². The van der Waals surface area contributed by atoms with Crippen molar-refractivity contribution in [3.63, 3.8) is 0 Å². The monoisotopic (exact) mass is 411 g/mol. The Kier molecular flexibility index (Phi) is 5.24. The summed E-state index contributed by atoms with van der Waals surface area (Å²) in [5.41, 5.74) is -4.10. The van der Waals surface area contributed by atoms with Crippen LogP contribution in [-0.4, -0.2) is 23.3 Å². The van der Waals surface area contributed by atoms with Crippen molar-refractivity contribution in [3.05, 3.63) is 55.8 Å². The molecule has 7 nitrogen and oxygen atoms in total. The highest BCUT2D eigenvalue weighted by atomic mass is 35.5. The van der Waals surface area contributed by atoms with Gasteiger partial charge in [-0.1, -0.05) is 11.6 Å². The van der Waals surface area contributed by atoms with Gasteiger partial charge in [-0.25, -0.2) is 17.8 Å². The Bertz CT molecular complexity index is 1070. The number of sulfonamides is 1. The summed E-state index contributed by atoms with van der Waals surface area (Å²) >= 11 is 5.90. The van der Waals surface area contributed by atoms with Crippen LogP contribution in [0, 0.1) is 0 Å². The molecule has 1 N–H and O–H groups in total. The van der Waals surface area contributed by atoms with Gasteiger partial charge in [-0.2, -0.15) is 13.2 Å².